The molecule has 0 aliphatic carbocycles. The number of rotatable bonds is 4. The van der Waals surface area contributed by atoms with Crippen LogP contribution in [0.4, 0.5) is 0 Å². The SMILES string of the molecule is CCC(N)Cc1ccnc(C2CSc3ccccc3O2)n1. The number of hydrogen-bond acceptors (Lipinski definition) is 5. The van der Waals surface area contributed by atoms with Crippen molar-refractivity contribution in [3.63, 3.8) is 0 Å². The summed E-state index contributed by atoms with van der Waals surface area (Å²) in [6.07, 6.45) is 3.43. The molecule has 1 aliphatic rings. The van der Waals surface area contributed by atoms with Crippen molar-refractivity contribution in [2.45, 2.75) is 36.8 Å². The predicted octanol–water partition coefficient (Wildman–Crippen LogP) is 2.98. The van der Waals surface area contributed by atoms with E-state index in [2.05, 4.69) is 23.0 Å². The van der Waals surface area contributed by atoms with E-state index in [1.807, 2.05) is 24.3 Å². The van der Waals surface area contributed by atoms with E-state index < -0.39 is 0 Å². The van der Waals surface area contributed by atoms with Crippen molar-refractivity contribution in [1.82, 2.24) is 9.97 Å². The van der Waals surface area contributed by atoms with E-state index in [9.17, 15) is 0 Å². The lowest BCUT2D eigenvalue weighted by molar-refractivity contribution is 0.210. The van der Waals surface area contributed by atoms with Crippen LogP contribution in [0.5, 0.6) is 5.75 Å². The molecule has 1 aliphatic heterocycles. The number of thioether (sulfide) groups is 1. The number of aromatic nitrogens is 2. The number of nitrogens with zero attached hydrogens (tertiary/aromatic N) is 2. The standard InChI is InChI=1S/C16H19N3OS/c1-2-11(17)9-12-7-8-18-16(19-12)14-10-21-15-6-4-3-5-13(15)20-14/h3-8,11,14H,2,9-10,17H2,1H3. The van der Waals surface area contributed by atoms with E-state index in [-0.39, 0.29) is 12.1 Å². The highest BCUT2D eigenvalue weighted by Crippen LogP contribution is 2.39. The van der Waals surface area contributed by atoms with Crippen LogP contribution < -0.4 is 10.5 Å². The molecule has 4 nitrogen and oxygen atoms in total. The van der Waals surface area contributed by atoms with E-state index in [4.69, 9.17) is 10.5 Å². The Bertz CT molecular complexity index is 620. The fourth-order valence-electron chi connectivity index (χ4n) is 2.24. The molecule has 5 heteroatoms. The summed E-state index contributed by atoms with van der Waals surface area (Å²) in [7, 11) is 0. The summed E-state index contributed by atoms with van der Waals surface area (Å²) in [5.74, 6) is 2.50. The molecule has 110 valence electrons. The van der Waals surface area contributed by atoms with Crippen LogP contribution in [0.3, 0.4) is 0 Å². The molecule has 21 heavy (non-hydrogen) atoms. The van der Waals surface area contributed by atoms with Gasteiger partial charge in [0.15, 0.2) is 11.9 Å². The fraction of sp³-hybridized carbons (Fsp3) is 0.375. The van der Waals surface area contributed by atoms with E-state index in [1.54, 1.807) is 18.0 Å². The fourth-order valence-corrected chi connectivity index (χ4v) is 3.22. The largest absolute Gasteiger partial charge is 0.480 e. The lowest BCUT2D eigenvalue weighted by Gasteiger charge is -2.24. The van der Waals surface area contributed by atoms with Crippen molar-refractivity contribution < 1.29 is 4.74 Å². The molecule has 0 spiro atoms. The molecule has 0 saturated heterocycles. The average Bonchev–Trinajstić information content (AvgIpc) is 2.54. The van der Waals surface area contributed by atoms with Crippen LogP contribution in [0.25, 0.3) is 0 Å². The molecule has 1 aromatic carbocycles. The summed E-state index contributed by atoms with van der Waals surface area (Å²) in [6, 6.07) is 10.2. The van der Waals surface area contributed by atoms with E-state index in [0.717, 1.165) is 35.9 Å². The maximum Gasteiger partial charge on any atom is 0.170 e. The Morgan fingerprint density at radius 1 is 1.38 bits per heavy atom. The first kappa shape index (κ1) is 14.4. The average molecular weight is 301 g/mol. The molecular formula is C16H19N3OS. The van der Waals surface area contributed by atoms with Crippen LogP contribution in [-0.2, 0) is 6.42 Å². The second-order valence-corrected chi connectivity index (χ2v) is 6.20. The summed E-state index contributed by atoms with van der Waals surface area (Å²) in [4.78, 5) is 10.2. The molecule has 2 N–H and O–H groups in total. The summed E-state index contributed by atoms with van der Waals surface area (Å²) in [6.45, 7) is 2.09. The molecule has 2 heterocycles. The molecule has 0 amide bonds. The van der Waals surface area contributed by atoms with Crippen LogP contribution in [0.1, 0.15) is 31.0 Å². The maximum absolute atomic E-state index is 6.03. The van der Waals surface area contributed by atoms with Crippen molar-refractivity contribution in [3.05, 3.63) is 48.0 Å². The first-order chi connectivity index (χ1) is 10.3. The zero-order chi connectivity index (χ0) is 14.7. The van der Waals surface area contributed by atoms with Gasteiger partial charge in [0, 0.05) is 35.0 Å². The minimum atomic E-state index is -0.0947. The Labute approximate surface area is 129 Å². The van der Waals surface area contributed by atoms with Gasteiger partial charge in [0.2, 0.25) is 0 Å². The van der Waals surface area contributed by atoms with Crippen LogP contribution in [-0.4, -0.2) is 21.8 Å². The Morgan fingerprint density at radius 2 is 2.24 bits per heavy atom. The Hall–Kier alpha value is -1.59. The minimum absolute atomic E-state index is 0.0947. The molecule has 2 unspecified atom stereocenters. The van der Waals surface area contributed by atoms with Gasteiger partial charge in [-0.1, -0.05) is 19.1 Å². The van der Waals surface area contributed by atoms with E-state index in [1.165, 1.54) is 4.90 Å². The van der Waals surface area contributed by atoms with Crippen molar-refractivity contribution in [3.8, 4) is 5.75 Å². The van der Waals surface area contributed by atoms with Gasteiger partial charge in [0.05, 0.1) is 0 Å². The lowest BCUT2D eigenvalue weighted by atomic mass is 10.1. The van der Waals surface area contributed by atoms with Gasteiger partial charge < -0.3 is 10.5 Å². The van der Waals surface area contributed by atoms with Crippen LogP contribution in [0, 0.1) is 0 Å². The number of benzene rings is 1. The number of hydrogen-bond donors (Lipinski definition) is 1. The summed E-state index contributed by atoms with van der Waals surface area (Å²) >= 11 is 1.79. The third kappa shape index (κ3) is 3.36. The molecule has 3 rings (SSSR count). The summed E-state index contributed by atoms with van der Waals surface area (Å²) in [5.41, 5.74) is 6.99. The Kier molecular flexibility index (Phi) is 4.41. The molecule has 0 bridgehead atoms. The molecule has 0 saturated carbocycles. The second-order valence-electron chi connectivity index (χ2n) is 5.14. The van der Waals surface area contributed by atoms with Gasteiger partial charge in [-0.15, -0.1) is 11.8 Å². The number of ether oxygens (including phenoxy) is 1. The van der Waals surface area contributed by atoms with Crippen LogP contribution in [0.15, 0.2) is 41.4 Å². The number of nitrogens with two attached hydrogens (primary N) is 1. The van der Waals surface area contributed by atoms with Crippen LogP contribution in [0.2, 0.25) is 0 Å². The van der Waals surface area contributed by atoms with Gasteiger partial charge in [0.25, 0.3) is 0 Å². The quantitative estimate of drug-likeness (QED) is 0.940. The first-order valence-electron chi connectivity index (χ1n) is 7.22. The highest BCUT2D eigenvalue weighted by Gasteiger charge is 2.24. The zero-order valence-electron chi connectivity index (χ0n) is 12.0. The first-order valence-corrected chi connectivity index (χ1v) is 8.20. The van der Waals surface area contributed by atoms with E-state index in [0.29, 0.717) is 0 Å². The predicted molar refractivity (Wildman–Crippen MR) is 84.5 cm³/mol. The third-order valence-electron chi connectivity index (χ3n) is 3.52. The van der Waals surface area contributed by atoms with Crippen molar-refractivity contribution >= 4 is 11.8 Å². The molecule has 1 aromatic heterocycles. The van der Waals surface area contributed by atoms with Gasteiger partial charge in [-0.2, -0.15) is 0 Å². The smallest absolute Gasteiger partial charge is 0.170 e. The van der Waals surface area contributed by atoms with Crippen molar-refractivity contribution in [2.24, 2.45) is 5.73 Å². The molecular weight excluding hydrogens is 282 g/mol. The molecule has 2 atom stereocenters. The summed E-state index contributed by atoms with van der Waals surface area (Å²) < 4.78 is 6.03. The maximum atomic E-state index is 6.03. The zero-order valence-corrected chi connectivity index (χ0v) is 12.8. The van der Waals surface area contributed by atoms with E-state index >= 15 is 0 Å². The molecule has 0 fully saturated rings. The van der Waals surface area contributed by atoms with Crippen molar-refractivity contribution in [2.75, 3.05) is 5.75 Å². The Morgan fingerprint density at radius 3 is 3.10 bits per heavy atom. The summed E-state index contributed by atoms with van der Waals surface area (Å²) in [5, 5.41) is 0. The van der Waals surface area contributed by atoms with Gasteiger partial charge in [-0.25, -0.2) is 9.97 Å². The third-order valence-corrected chi connectivity index (χ3v) is 4.64. The number of fused-ring (bicyclic) bond motifs is 1. The monoisotopic (exact) mass is 301 g/mol. The Balaban J connectivity index is 1.77. The topological polar surface area (TPSA) is 61.0 Å². The normalized spacial score (nSPS) is 18.7. The molecule has 0 radical (unpaired) electrons. The number of para-hydroxylation sites is 1. The van der Waals surface area contributed by atoms with Crippen molar-refractivity contribution in [1.29, 1.82) is 0 Å². The van der Waals surface area contributed by atoms with Gasteiger partial charge >= 0.3 is 0 Å². The van der Waals surface area contributed by atoms with Gasteiger partial charge in [-0.3, -0.25) is 0 Å². The van der Waals surface area contributed by atoms with Crippen LogP contribution >= 0.6 is 11.8 Å². The highest BCUT2D eigenvalue weighted by atomic mass is 32.2. The van der Waals surface area contributed by atoms with Gasteiger partial charge in [0.1, 0.15) is 5.75 Å². The minimum Gasteiger partial charge on any atom is -0.480 e. The lowest BCUT2D eigenvalue weighted by Crippen LogP contribution is -2.23. The molecule has 2 aromatic rings. The van der Waals surface area contributed by atoms with Gasteiger partial charge in [-0.05, 0) is 24.6 Å². The second kappa shape index (κ2) is 6.45. The highest BCUT2D eigenvalue weighted by molar-refractivity contribution is 7.99.